The predicted molar refractivity (Wildman–Crippen MR) is 129 cm³/mol. The van der Waals surface area contributed by atoms with Crippen LogP contribution in [0, 0.1) is 5.92 Å². The topological polar surface area (TPSA) is 135 Å². The molecule has 3 N–H and O–H groups in total. The molecule has 1 aromatic carbocycles. The van der Waals surface area contributed by atoms with Crippen molar-refractivity contribution >= 4 is 18.1 Å². The zero-order valence-electron chi connectivity index (χ0n) is 20.8. The van der Waals surface area contributed by atoms with Crippen molar-refractivity contribution in [1.29, 1.82) is 0 Å². The Morgan fingerprint density at radius 1 is 1.33 bits per heavy atom. The van der Waals surface area contributed by atoms with Crippen LogP contribution in [0.3, 0.4) is 0 Å². The van der Waals surface area contributed by atoms with Crippen LogP contribution >= 0.6 is 0 Å². The van der Waals surface area contributed by atoms with Gasteiger partial charge >= 0.3 is 0 Å². The van der Waals surface area contributed by atoms with E-state index in [1.807, 2.05) is 0 Å². The molecule has 0 spiro atoms. The number of aldehydes is 1. The Balaban J connectivity index is 1.80. The minimum absolute atomic E-state index is 0.0384. The first kappa shape index (κ1) is 26.1. The largest absolute Gasteiger partial charge is 0.493 e. The second-order valence-corrected chi connectivity index (χ2v) is 9.68. The van der Waals surface area contributed by atoms with Gasteiger partial charge in [-0.05, 0) is 31.1 Å². The molecule has 2 amide bonds. The first-order chi connectivity index (χ1) is 17.3. The van der Waals surface area contributed by atoms with E-state index in [0.29, 0.717) is 41.1 Å². The van der Waals surface area contributed by atoms with Gasteiger partial charge in [-0.3, -0.25) is 14.4 Å². The highest BCUT2D eigenvalue weighted by Gasteiger charge is 2.51. The van der Waals surface area contributed by atoms with Crippen molar-refractivity contribution in [2.24, 2.45) is 5.92 Å². The van der Waals surface area contributed by atoms with Crippen molar-refractivity contribution in [1.82, 2.24) is 10.2 Å². The fourth-order valence-corrected chi connectivity index (χ4v) is 5.26. The number of aliphatic hydroxyl groups excluding tert-OH is 2. The van der Waals surface area contributed by atoms with Crippen LogP contribution in [0.2, 0.25) is 0 Å². The zero-order chi connectivity index (χ0) is 26.0. The average molecular weight is 503 g/mol. The molecule has 3 aliphatic rings. The molecule has 1 aromatic rings. The van der Waals surface area contributed by atoms with E-state index < -0.39 is 30.1 Å². The molecule has 2 aliphatic heterocycles. The monoisotopic (exact) mass is 502 g/mol. The van der Waals surface area contributed by atoms with Crippen molar-refractivity contribution in [2.75, 3.05) is 33.4 Å². The molecular formula is C26H34N2O8. The molecule has 1 saturated heterocycles. The molecule has 10 nitrogen and oxygen atoms in total. The summed E-state index contributed by atoms with van der Waals surface area (Å²) in [7, 11) is 1.45. The lowest BCUT2D eigenvalue weighted by Gasteiger charge is -2.42. The minimum atomic E-state index is -1.16. The Bertz CT molecular complexity index is 1030. The molecule has 4 rings (SSSR count). The number of nitrogens with zero attached hydrogens (tertiary/aromatic N) is 1. The summed E-state index contributed by atoms with van der Waals surface area (Å²) >= 11 is 0. The highest BCUT2D eigenvalue weighted by Crippen LogP contribution is 2.51. The normalized spacial score (nSPS) is 26.5. The van der Waals surface area contributed by atoms with E-state index in [1.54, 1.807) is 30.9 Å². The second-order valence-electron chi connectivity index (χ2n) is 9.68. The molecule has 1 aliphatic carbocycles. The van der Waals surface area contributed by atoms with Crippen LogP contribution < -0.4 is 14.8 Å². The van der Waals surface area contributed by atoms with E-state index in [0.717, 1.165) is 12.8 Å². The zero-order valence-corrected chi connectivity index (χ0v) is 20.8. The molecule has 1 fully saturated rings. The fraction of sp³-hybridized carbons (Fsp3) is 0.577. The van der Waals surface area contributed by atoms with Gasteiger partial charge in [-0.2, -0.15) is 0 Å². The number of amides is 2. The van der Waals surface area contributed by atoms with Crippen LogP contribution in [0.5, 0.6) is 11.5 Å². The van der Waals surface area contributed by atoms with Crippen molar-refractivity contribution in [3.8, 4) is 11.5 Å². The number of methoxy groups -OCH3 is 1. The summed E-state index contributed by atoms with van der Waals surface area (Å²) in [5, 5.41) is 23.5. The lowest BCUT2D eigenvalue weighted by molar-refractivity contribution is -0.142. The lowest BCUT2D eigenvalue weighted by atomic mass is 9.77. The average Bonchev–Trinajstić information content (AvgIpc) is 3.53. The van der Waals surface area contributed by atoms with E-state index in [9.17, 15) is 24.6 Å². The number of nitrogens with one attached hydrogen (secondary N) is 1. The standard InChI is InChI=1S/C26H34N2O8/c1-14(2)26(33)28(12-16-5-4-8-35-16)19-11-18(25(32)27-6-7-29)21-17-9-15(13-30)10-20(34-3)23(17)36-24(21)22(19)31/h9-11,13-14,16,19,21-22,24,29,31H,4-8,12H2,1-3H3,(H,27,32). The number of rotatable bonds is 9. The Morgan fingerprint density at radius 2 is 2.11 bits per heavy atom. The molecule has 0 aromatic heterocycles. The second kappa shape index (κ2) is 11.0. The maximum absolute atomic E-state index is 13.3. The SMILES string of the molecule is COc1cc(C=O)cc2c1OC1C2C(C(=O)NCCO)=CC(N(CC2CCCO2)C(=O)C(C)C)C1O. The first-order valence-corrected chi connectivity index (χ1v) is 12.3. The molecule has 2 heterocycles. The molecule has 0 radical (unpaired) electrons. The number of hydrogen-bond donors (Lipinski definition) is 3. The summed E-state index contributed by atoms with van der Waals surface area (Å²) in [4.78, 5) is 39.8. The molecule has 36 heavy (non-hydrogen) atoms. The number of fused-ring (bicyclic) bond motifs is 3. The summed E-state index contributed by atoms with van der Waals surface area (Å²) < 4.78 is 17.4. The Morgan fingerprint density at radius 3 is 2.72 bits per heavy atom. The van der Waals surface area contributed by atoms with Crippen LogP contribution in [0.25, 0.3) is 0 Å². The van der Waals surface area contributed by atoms with E-state index in [2.05, 4.69) is 5.32 Å². The highest BCUT2D eigenvalue weighted by atomic mass is 16.5. The highest BCUT2D eigenvalue weighted by molar-refractivity contribution is 5.96. The number of benzene rings is 1. The molecule has 5 unspecified atom stereocenters. The van der Waals surface area contributed by atoms with E-state index >= 15 is 0 Å². The van der Waals surface area contributed by atoms with Crippen LogP contribution in [0.1, 0.15) is 48.5 Å². The van der Waals surface area contributed by atoms with E-state index in [1.165, 1.54) is 13.2 Å². The van der Waals surface area contributed by atoms with Crippen molar-refractivity contribution in [2.45, 2.75) is 57.0 Å². The van der Waals surface area contributed by atoms with Crippen LogP contribution in [-0.4, -0.2) is 91.0 Å². The number of carbonyl (C=O) groups excluding carboxylic acids is 3. The van der Waals surface area contributed by atoms with Gasteiger partial charge in [-0.25, -0.2) is 0 Å². The Hall–Kier alpha value is -2.95. The molecule has 196 valence electrons. The first-order valence-electron chi connectivity index (χ1n) is 12.3. The van der Waals surface area contributed by atoms with Gasteiger partial charge in [-0.15, -0.1) is 0 Å². The number of hydrogen-bond acceptors (Lipinski definition) is 8. The smallest absolute Gasteiger partial charge is 0.247 e. The van der Waals surface area contributed by atoms with Gasteiger partial charge in [0.1, 0.15) is 18.5 Å². The summed E-state index contributed by atoms with van der Waals surface area (Å²) in [6, 6.07) is 2.32. The Kier molecular flexibility index (Phi) is 7.97. The minimum Gasteiger partial charge on any atom is -0.493 e. The number of ether oxygens (including phenoxy) is 3. The summed E-state index contributed by atoms with van der Waals surface area (Å²) in [6.07, 6.45) is 1.78. The fourth-order valence-electron chi connectivity index (χ4n) is 5.26. The maximum Gasteiger partial charge on any atom is 0.247 e. The van der Waals surface area contributed by atoms with Gasteiger partial charge in [0.15, 0.2) is 11.5 Å². The van der Waals surface area contributed by atoms with Gasteiger partial charge in [0.2, 0.25) is 11.8 Å². The third-order valence-corrected chi connectivity index (χ3v) is 6.97. The van der Waals surface area contributed by atoms with Gasteiger partial charge < -0.3 is 34.6 Å². The van der Waals surface area contributed by atoms with Crippen molar-refractivity contribution < 1.29 is 38.8 Å². The molecule has 10 heteroatoms. The third kappa shape index (κ3) is 4.85. The van der Waals surface area contributed by atoms with Crippen LogP contribution in [0.4, 0.5) is 0 Å². The van der Waals surface area contributed by atoms with Gasteiger partial charge in [-0.1, -0.05) is 13.8 Å². The molecule has 0 saturated carbocycles. The third-order valence-electron chi connectivity index (χ3n) is 6.97. The van der Waals surface area contributed by atoms with Gasteiger partial charge in [0.25, 0.3) is 0 Å². The Labute approximate surface area is 210 Å². The molecule has 5 atom stereocenters. The number of aliphatic hydroxyl groups is 2. The number of carbonyl (C=O) groups is 3. The van der Waals surface area contributed by atoms with Gasteiger partial charge in [0, 0.05) is 42.3 Å². The quantitative estimate of drug-likeness (QED) is 0.422. The maximum atomic E-state index is 13.3. The van der Waals surface area contributed by atoms with Crippen molar-refractivity contribution in [3.05, 3.63) is 34.9 Å². The van der Waals surface area contributed by atoms with Gasteiger partial charge in [0.05, 0.1) is 31.8 Å². The van der Waals surface area contributed by atoms with Crippen LogP contribution in [-0.2, 0) is 14.3 Å². The molecule has 0 bridgehead atoms. The summed E-state index contributed by atoms with van der Waals surface area (Å²) in [5.74, 6) is -0.990. The summed E-state index contributed by atoms with van der Waals surface area (Å²) in [6.45, 7) is 4.27. The van der Waals surface area contributed by atoms with E-state index in [4.69, 9.17) is 14.2 Å². The molecular weight excluding hydrogens is 468 g/mol. The summed E-state index contributed by atoms with van der Waals surface area (Å²) in [5.41, 5.74) is 1.18. The van der Waals surface area contributed by atoms with E-state index in [-0.39, 0.29) is 37.6 Å². The lowest BCUT2D eigenvalue weighted by Crippen LogP contribution is -2.57. The predicted octanol–water partition coefficient (Wildman–Crippen LogP) is 0.794. The van der Waals surface area contributed by atoms with Crippen LogP contribution in [0.15, 0.2) is 23.8 Å². The van der Waals surface area contributed by atoms with Crippen molar-refractivity contribution in [3.63, 3.8) is 0 Å².